The van der Waals surface area contributed by atoms with E-state index in [4.69, 9.17) is 21.6 Å². The average molecular weight is 357 g/mol. The molecule has 25 heavy (non-hydrogen) atoms. The number of nitriles is 1. The Labute approximate surface area is 151 Å². The number of ether oxygens (including phenoxy) is 1. The predicted molar refractivity (Wildman–Crippen MR) is 95.2 cm³/mol. The zero-order chi connectivity index (χ0) is 18.2. The molecule has 6 heteroatoms. The maximum Gasteiger partial charge on any atom is 0.306 e. The fourth-order valence-corrected chi connectivity index (χ4v) is 2.43. The fourth-order valence-electron chi connectivity index (χ4n) is 2.26. The van der Waals surface area contributed by atoms with Gasteiger partial charge in [0.15, 0.2) is 6.61 Å². The molecule has 0 bridgehead atoms. The Morgan fingerprint density at radius 3 is 2.64 bits per heavy atom. The number of carbonyl (C=O) groups is 2. The molecule has 0 aliphatic heterocycles. The molecule has 0 aliphatic rings. The van der Waals surface area contributed by atoms with Crippen molar-refractivity contribution in [1.82, 2.24) is 0 Å². The molecular formula is C19H17ClN2O3. The largest absolute Gasteiger partial charge is 0.456 e. The molecule has 1 atom stereocenters. The van der Waals surface area contributed by atoms with E-state index < -0.39 is 18.5 Å². The number of carbonyl (C=O) groups excluding carboxylic acids is 2. The zero-order valence-corrected chi connectivity index (χ0v) is 14.4. The second-order valence-corrected chi connectivity index (χ2v) is 5.96. The lowest BCUT2D eigenvalue weighted by Gasteiger charge is -2.12. The minimum absolute atomic E-state index is 0.00474. The summed E-state index contributed by atoms with van der Waals surface area (Å²) in [6.45, 7) is 1.50. The first kappa shape index (κ1) is 18.5. The topological polar surface area (TPSA) is 79.2 Å². The number of esters is 1. The number of amides is 1. The molecule has 5 nitrogen and oxygen atoms in total. The highest BCUT2D eigenvalue weighted by molar-refractivity contribution is 6.31. The summed E-state index contributed by atoms with van der Waals surface area (Å²) in [5, 5.41) is 11.9. The van der Waals surface area contributed by atoms with Crippen molar-refractivity contribution in [2.24, 2.45) is 0 Å². The van der Waals surface area contributed by atoms with Gasteiger partial charge in [-0.2, -0.15) is 5.26 Å². The lowest BCUT2D eigenvalue weighted by atomic mass is 9.98. The van der Waals surface area contributed by atoms with E-state index in [9.17, 15) is 9.59 Å². The third kappa shape index (κ3) is 5.63. The van der Waals surface area contributed by atoms with Crippen LogP contribution in [0, 0.1) is 11.3 Å². The van der Waals surface area contributed by atoms with E-state index in [1.165, 1.54) is 12.1 Å². The summed E-state index contributed by atoms with van der Waals surface area (Å²) in [6, 6.07) is 16.1. The molecule has 0 aliphatic carbocycles. The Morgan fingerprint density at radius 2 is 1.96 bits per heavy atom. The Balaban J connectivity index is 1.85. The number of nitrogens with zero attached hydrogens (tertiary/aromatic N) is 1. The standard InChI is InChI=1S/C19H17ClN2O3/c1-13(14-5-3-2-4-6-14)9-19(24)25-12-18(23)22-17-10-16(20)8-7-15(17)11-21/h2-8,10,13H,9,12H2,1H3,(H,22,23)/t13-/m0/s1. The van der Waals surface area contributed by atoms with E-state index in [1.807, 2.05) is 43.3 Å². The Bertz CT molecular complexity index is 800. The fraction of sp³-hybridized carbons (Fsp3) is 0.211. The Hall–Kier alpha value is -2.84. The predicted octanol–water partition coefficient (Wildman–Crippen LogP) is 3.89. The second-order valence-electron chi connectivity index (χ2n) is 5.53. The van der Waals surface area contributed by atoms with Crippen LogP contribution < -0.4 is 5.32 Å². The molecule has 2 rings (SSSR count). The number of anilines is 1. The maximum absolute atomic E-state index is 11.9. The highest BCUT2D eigenvalue weighted by Gasteiger charge is 2.14. The molecule has 2 aromatic carbocycles. The van der Waals surface area contributed by atoms with Crippen molar-refractivity contribution in [2.75, 3.05) is 11.9 Å². The van der Waals surface area contributed by atoms with Crippen molar-refractivity contribution in [3.05, 3.63) is 64.7 Å². The van der Waals surface area contributed by atoms with Gasteiger partial charge in [0.05, 0.1) is 17.7 Å². The minimum atomic E-state index is -0.528. The first-order chi connectivity index (χ1) is 12.0. The van der Waals surface area contributed by atoms with E-state index in [1.54, 1.807) is 6.07 Å². The number of hydrogen-bond acceptors (Lipinski definition) is 4. The van der Waals surface area contributed by atoms with Gasteiger partial charge in [0.25, 0.3) is 5.91 Å². The number of benzene rings is 2. The third-order valence-electron chi connectivity index (χ3n) is 3.58. The van der Waals surface area contributed by atoms with Crippen LogP contribution in [0.2, 0.25) is 5.02 Å². The molecule has 1 N–H and O–H groups in total. The molecule has 0 radical (unpaired) electrons. The summed E-state index contributed by atoms with van der Waals surface area (Å²) in [5.74, 6) is -0.993. The van der Waals surface area contributed by atoms with Crippen molar-refractivity contribution in [1.29, 1.82) is 5.26 Å². The van der Waals surface area contributed by atoms with Crippen LogP contribution in [0.25, 0.3) is 0 Å². The van der Waals surface area contributed by atoms with E-state index in [-0.39, 0.29) is 23.6 Å². The molecule has 0 unspecified atom stereocenters. The number of rotatable bonds is 6. The molecule has 128 valence electrons. The lowest BCUT2D eigenvalue weighted by Crippen LogP contribution is -2.22. The Kier molecular flexibility index (Phi) is 6.55. The summed E-state index contributed by atoms with van der Waals surface area (Å²) < 4.78 is 5.01. The van der Waals surface area contributed by atoms with Crippen molar-refractivity contribution in [3.63, 3.8) is 0 Å². The monoisotopic (exact) mass is 356 g/mol. The van der Waals surface area contributed by atoms with Gasteiger partial charge in [0.2, 0.25) is 0 Å². The van der Waals surface area contributed by atoms with Crippen LogP contribution in [0.15, 0.2) is 48.5 Å². The van der Waals surface area contributed by atoms with Crippen molar-refractivity contribution >= 4 is 29.2 Å². The van der Waals surface area contributed by atoms with E-state index >= 15 is 0 Å². The van der Waals surface area contributed by atoms with Crippen LogP contribution in [0.5, 0.6) is 0 Å². The second kappa shape index (κ2) is 8.86. The number of hydrogen-bond donors (Lipinski definition) is 1. The summed E-state index contributed by atoms with van der Waals surface area (Å²) in [4.78, 5) is 23.8. The molecule has 0 fully saturated rings. The zero-order valence-electron chi connectivity index (χ0n) is 13.7. The molecule has 1 amide bonds. The van der Waals surface area contributed by atoms with E-state index in [0.717, 1.165) is 5.56 Å². The van der Waals surface area contributed by atoms with Gasteiger partial charge in [-0.05, 0) is 29.7 Å². The Morgan fingerprint density at radius 1 is 1.24 bits per heavy atom. The van der Waals surface area contributed by atoms with Gasteiger partial charge in [-0.25, -0.2) is 0 Å². The van der Waals surface area contributed by atoms with Crippen LogP contribution in [0.4, 0.5) is 5.69 Å². The first-order valence-corrected chi connectivity index (χ1v) is 8.07. The number of nitrogens with one attached hydrogen (secondary N) is 1. The summed E-state index contributed by atoms with van der Waals surface area (Å²) in [7, 11) is 0. The van der Waals surface area contributed by atoms with Crippen LogP contribution >= 0.6 is 11.6 Å². The minimum Gasteiger partial charge on any atom is -0.456 e. The quantitative estimate of drug-likeness (QED) is 0.796. The first-order valence-electron chi connectivity index (χ1n) is 7.69. The SMILES string of the molecule is C[C@@H](CC(=O)OCC(=O)Nc1cc(Cl)ccc1C#N)c1ccccc1. The lowest BCUT2D eigenvalue weighted by molar-refractivity contribution is -0.147. The van der Waals surface area contributed by atoms with Crippen LogP contribution in [0.1, 0.15) is 30.4 Å². The van der Waals surface area contributed by atoms with Gasteiger partial charge in [-0.3, -0.25) is 9.59 Å². The third-order valence-corrected chi connectivity index (χ3v) is 3.82. The van der Waals surface area contributed by atoms with Gasteiger partial charge in [-0.1, -0.05) is 48.9 Å². The van der Waals surface area contributed by atoms with Crippen LogP contribution in [-0.2, 0) is 14.3 Å². The van der Waals surface area contributed by atoms with Gasteiger partial charge in [-0.15, -0.1) is 0 Å². The van der Waals surface area contributed by atoms with E-state index in [2.05, 4.69) is 5.32 Å². The molecular weight excluding hydrogens is 340 g/mol. The number of halogens is 1. The molecule has 2 aromatic rings. The highest BCUT2D eigenvalue weighted by Crippen LogP contribution is 2.21. The summed E-state index contributed by atoms with van der Waals surface area (Å²) in [6.07, 6.45) is 0.178. The van der Waals surface area contributed by atoms with Gasteiger partial charge < -0.3 is 10.1 Å². The molecule has 0 saturated carbocycles. The average Bonchev–Trinajstić information content (AvgIpc) is 2.61. The van der Waals surface area contributed by atoms with E-state index in [0.29, 0.717) is 5.02 Å². The summed E-state index contributed by atoms with van der Waals surface area (Å²) in [5.41, 5.74) is 1.59. The van der Waals surface area contributed by atoms with Gasteiger partial charge >= 0.3 is 5.97 Å². The molecule has 0 spiro atoms. The van der Waals surface area contributed by atoms with Gasteiger partial charge in [0, 0.05) is 5.02 Å². The maximum atomic E-state index is 11.9. The van der Waals surface area contributed by atoms with Gasteiger partial charge in [0.1, 0.15) is 6.07 Å². The van der Waals surface area contributed by atoms with Crippen LogP contribution in [0.3, 0.4) is 0 Å². The summed E-state index contributed by atoms with van der Waals surface area (Å²) >= 11 is 5.85. The molecule has 0 heterocycles. The van der Waals surface area contributed by atoms with Crippen LogP contribution in [-0.4, -0.2) is 18.5 Å². The van der Waals surface area contributed by atoms with Crippen molar-refractivity contribution in [3.8, 4) is 6.07 Å². The normalized spacial score (nSPS) is 11.2. The van der Waals surface area contributed by atoms with Crippen molar-refractivity contribution in [2.45, 2.75) is 19.3 Å². The molecule has 0 saturated heterocycles. The molecule has 0 aromatic heterocycles. The highest BCUT2D eigenvalue weighted by atomic mass is 35.5. The smallest absolute Gasteiger partial charge is 0.306 e. The van der Waals surface area contributed by atoms with Crippen molar-refractivity contribution < 1.29 is 14.3 Å².